The molecule has 2 aromatic rings. The SMILES string of the molecule is COc1cc(C)c(S(=O)(=O)N=C(N)NCCC[C@@H](C(=O)O)N(C=O)[C@@H]2CCCN2C(=O)[C@H](/C=C/[C@H](CC(C)C)NC(=O)OC(C)(C)C)Cc2ccccc2)c(C)c1C. The van der Waals surface area contributed by atoms with Crippen LogP contribution in [0.4, 0.5) is 4.79 Å². The minimum Gasteiger partial charge on any atom is -0.496 e. The number of hydrogen-bond acceptors (Lipinski definition) is 8. The van der Waals surface area contributed by atoms with Crippen LogP contribution in [0.2, 0.25) is 0 Å². The van der Waals surface area contributed by atoms with Crippen molar-refractivity contribution < 1.29 is 42.2 Å². The van der Waals surface area contributed by atoms with Crippen LogP contribution in [-0.4, -0.2) is 97.7 Å². The number of ether oxygens (including phenoxy) is 2. The van der Waals surface area contributed by atoms with Gasteiger partial charge in [0.2, 0.25) is 18.3 Å². The molecule has 0 spiro atoms. The van der Waals surface area contributed by atoms with E-state index in [0.717, 1.165) is 5.56 Å². The van der Waals surface area contributed by atoms with Crippen LogP contribution < -0.4 is 21.1 Å². The highest BCUT2D eigenvalue weighted by Crippen LogP contribution is 2.32. The molecule has 1 aliphatic heterocycles. The molecule has 4 atom stereocenters. The van der Waals surface area contributed by atoms with Gasteiger partial charge in [0, 0.05) is 13.1 Å². The standard InChI is InChI=1S/C42H62N6O9S/c1-27(2)23-33(45-41(53)57-42(6,7)8)20-19-32(25-31-15-11-10-12-16-31)38(50)47-22-14-18-36(47)48(26-49)34(39(51)52)17-13-21-44-40(43)46-58(54,55)37-28(3)24-35(56-9)29(4)30(37)5/h10-12,15-16,19-20,24,26-27,32-34,36H,13-14,17-18,21-23,25H2,1-9H3,(H,45,53)(H,51,52)(H3,43,44,46)/b20-19+/t32-,33-,34+,36-/m1/s1. The third kappa shape index (κ3) is 13.5. The highest BCUT2D eigenvalue weighted by atomic mass is 32.2. The second kappa shape index (κ2) is 21.0. The molecule has 1 fully saturated rings. The lowest BCUT2D eigenvalue weighted by Gasteiger charge is -2.37. The Morgan fingerprint density at radius 1 is 1.10 bits per heavy atom. The molecule has 58 heavy (non-hydrogen) atoms. The number of benzene rings is 2. The van der Waals surface area contributed by atoms with E-state index in [1.807, 2.05) is 50.3 Å². The number of nitrogens with one attached hydrogen (secondary N) is 2. The Morgan fingerprint density at radius 3 is 2.36 bits per heavy atom. The number of carboxylic acid groups (broad SMARTS) is 1. The highest BCUT2D eigenvalue weighted by molar-refractivity contribution is 7.90. The van der Waals surface area contributed by atoms with Gasteiger partial charge in [-0.05, 0) is 114 Å². The van der Waals surface area contributed by atoms with E-state index in [0.29, 0.717) is 61.1 Å². The zero-order chi connectivity index (χ0) is 43.4. The van der Waals surface area contributed by atoms with Crippen molar-refractivity contribution in [3.8, 4) is 5.75 Å². The molecule has 0 aliphatic carbocycles. The van der Waals surface area contributed by atoms with Crippen LogP contribution in [-0.2, 0) is 35.6 Å². The molecular formula is C42H62N6O9S. The predicted molar refractivity (Wildman–Crippen MR) is 223 cm³/mol. The van der Waals surface area contributed by atoms with Crippen LogP contribution in [0.3, 0.4) is 0 Å². The van der Waals surface area contributed by atoms with Crippen molar-refractivity contribution in [1.29, 1.82) is 0 Å². The second-order valence-corrected chi connectivity index (χ2v) is 17.7. The van der Waals surface area contributed by atoms with Crippen molar-refractivity contribution >= 4 is 40.4 Å². The van der Waals surface area contributed by atoms with Crippen LogP contribution >= 0.6 is 0 Å². The maximum absolute atomic E-state index is 14.4. The largest absolute Gasteiger partial charge is 0.496 e. The van der Waals surface area contributed by atoms with E-state index < -0.39 is 51.9 Å². The number of nitrogens with zero attached hydrogens (tertiary/aromatic N) is 3. The fourth-order valence-electron chi connectivity index (χ4n) is 7.16. The van der Waals surface area contributed by atoms with Crippen molar-refractivity contribution in [3.63, 3.8) is 0 Å². The van der Waals surface area contributed by atoms with Gasteiger partial charge in [0.25, 0.3) is 10.0 Å². The molecule has 1 heterocycles. The molecule has 16 heteroatoms. The van der Waals surface area contributed by atoms with E-state index >= 15 is 0 Å². The summed E-state index contributed by atoms with van der Waals surface area (Å²) in [7, 11) is -2.70. The third-order valence-corrected chi connectivity index (χ3v) is 11.5. The lowest BCUT2D eigenvalue weighted by Crippen LogP contribution is -2.54. The maximum atomic E-state index is 14.4. The molecule has 0 saturated carbocycles. The van der Waals surface area contributed by atoms with Crippen LogP contribution in [0.1, 0.15) is 89.0 Å². The van der Waals surface area contributed by atoms with Gasteiger partial charge in [-0.1, -0.05) is 56.3 Å². The highest BCUT2D eigenvalue weighted by Gasteiger charge is 2.40. The lowest BCUT2D eigenvalue weighted by atomic mass is 9.95. The number of hydrogen-bond donors (Lipinski definition) is 4. The Hall–Kier alpha value is -5.12. The van der Waals surface area contributed by atoms with Crippen molar-refractivity contribution in [2.75, 3.05) is 20.2 Å². The number of likely N-dealkylation sites (tertiary alicyclic amines) is 1. The number of nitrogens with two attached hydrogens (primary N) is 1. The molecule has 0 bridgehead atoms. The number of carboxylic acids is 1. The first-order chi connectivity index (χ1) is 27.2. The van der Waals surface area contributed by atoms with Crippen LogP contribution in [0, 0.1) is 32.6 Å². The number of guanidine groups is 1. The summed E-state index contributed by atoms with van der Waals surface area (Å²) in [6, 6.07) is 9.39. The number of sulfonamides is 1. The molecule has 3 amide bonds. The van der Waals surface area contributed by atoms with Gasteiger partial charge in [-0.15, -0.1) is 4.40 Å². The fourth-order valence-corrected chi connectivity index (χ4v) is 8.58. The van der Waals surface area contributed by atoms with Crippen molar-refractivity contribution in [1.82, 2.24) is 20.4 Å². The summed E-state index contributed by atoms with van der Waals surface area (Å²) in [4.78, 5) is 55.2. The van der Waals surface area contributed by atoms with E-state index in [4.69, 9.17) is 15.2 Å². The molecule has 1 aliphatic rings. The molecule has 0 aromatic heterocycles. The fraction of sp³-hybridized carbons (Fsp3) is 0.548. The van der Waals surface area contributed by atoms with Crippen LogP contribution in [0.15, 0.2) is 57.8 Å². The van der Waals surface area contributed by atoms with Crippen LogP contribution in [0.25, 0.3) is 0 Å². The van der Waals surface area contributed by atoms with Crippen molar-refractivity contribution in [2.24, 2.45) is 22.0 Å². The van der Waals surface area contributed by atoms with Crippen molar-refractivity contribution in [2.45, 2.75) is 123 Å². The summed E-state index contributed by atoms with van der Waals surface area (Å²) in [5.74, 6) is -1.81. The average molecular weight is 827 g/mol. The molecule has 5 N–H and O–H groups in total. The van der Waals surface area contributed by atoms with E-state index in [9.17, 15) is 32.7 Å². The number of amides is 3. The first-order valence-corrected chi connectivity index (χ1v) is 21.1. The number of methoxy groups -OCH3 is 1. The normalized spacial score (nSPS) is 16.5. The Balaban J connectivity index is 1.79. The number of aliphatic carboxylic acids is 1. The zero-order valence-corrected chi connectivity index (χ0v) is 36.1. The van der Waals surface area contributed by atoms with E-state index in [1.165, 1.54) is 12.0 Å². The second-order valence-electron chi connectivity index (χ2n) is 16.1. The van der Waals surface area contributed by atoms with Gasteiger partial charge >= 0.3 is 12.1 Å². The summed E-state index contributed by atoms with van der Waals surface area (Å²) in [5.41, 5.74) is 7.78. The molecule has 1 saturated heterocycles. The molecule has 2 aromatic carbocycles. The minimum atomic E-state index is -4.20. The number of rotatable bonds is 19. The first kappa shape index (κ1) is 47.3. The van der Waals surface area contributed by atoms with Gasteiger partial charge in [0.1, 0.15) is 23.6 Å². The summed E-state index contributed by atoms with van der Waals surface area (Å²) in [6.45, 7) is 14.8. The number of carbonyl (C=O) groups is 4. The lowest BCUT2D eigenvalue weighted by molar-refractivity contribution is -0.154. The van der Waals surface area contributed by atoms with Crippen LogP contribution in [0.5, 0.6) is 5.75 Å². The van der Waals surface area contributed by atoms with Gasteiger partial charge in [-0.3, -0.25) is 9.59 Å². The Bertz CT molecular complexity index is 1910. The zero-order valence-electron chi connectivity index (χ0n) is 35.3. The van der Waals surface area contributed by atoms with Gasteiger partial charge in [0.05, 0.1) is 24.0 Å². The maximum Gasteiger partial charge on any atom is 0.408 e. The molecule has 15 nitrogen and oxygen atoms in total. The monoisotopic (exact) mass is 826 g/mol. The number of alkyl carbamates (subject to hydrolysis) is 1. The van der Waals surface area contributed by atoms with E-state index in [2.05, 4.69) is 15.0 Å². The summed E-state index contributed by atoms with van der Waals surface area (Å²) in [5, 5.41) is 16.0. The van der Waals surface area contributed by atoms with E-state index in [-0.39, 0.29) is 42.1 Å². The van der Waals surface area contributed by atoms with E-state index in [1.54, 1.807) is 58.6 Å². The predicted octanol–water partition coefficient (Wildman–Crippen LogP) is 5.21. The third-order valence-electron chi connectivity index (χ3n) is 9.87. The smallest absolute Gasteiger partial charge is 0.408 e. The molecule has 0 radical (unpaired) electrons. The van der Waals surface area contributed by atoms with Gasteiger partial charge < -0.3 is 40.7 Å². The topological polar surface area (TPSA) is 210 Å². The first-order valence-electron chi connectivity index (χ1n) is 19.7. The summed E-state index contributed by atoms with van der Waals surface area (Å²) >= 11 is 0. The molecule has 0 unspecified atom stereocenters. The number of aryl methyl sites for hydroxylation is 1. The van der Waals surface area contributed by atoms with Gasteiger partial charge in [-0.25, -0.2) is 9.59 Å². The molecule has 320 valence electrons. The Kier molecular flexibility index (Phi) is 17.1. The molecular weight excluding hydrogens is 765 g/mol. The minimum absolute atomic E-state index is 0.0178. The van der Waals surface area contributed by atoms with Crippen molar-refractivity contribution in [3.05, 3.63) is 70.8 Å². The average Bonchev–Trinajstić information content (AvgIpc) is 3.61. The van der Waals surface area contributed by atoms with Gasteiger partial charge in [0.15, 0.2) is 0 Å². The summed E-state index contributed by atoms with van der Waals surface area (Å²) in [6.07, 6.45) is 4.71. The number of carbonyl (C=O) groups excluding carboxylic acids is 3. The summed E-state index contributed by atoms with van der Waals surface area (Å²) < 4.78 is 41.1. The Morgan fingerprint density at radius 2 is 1.78 bits per heavy atom. The quantitative estimate of drug-likeness (QED) is 0.0475. The molecule has 3 rings (SSSR count). The van der Waals surface area contributed by atoms with Gasteiger partial charge in [-0.2, -0.15) is 8.42 Å². The Labute approximate surface area is 343 Å².